The van der Waals surface area contributed by atoms with Crippen molar-refractivity contribution in [2.45, 2.75) is 65.6 Å². The molecule has 36 heavy (non-hydrogen) atoms. The number of benzene rings is 3. The third-order valence-electron chi connectivity index (χ3n) is 5.96. The molecule has 5 nitrogen and oxygen atoms in total. The lowest BCUT2D eigenvalue weighted by atomic mass is 10.0. The quantitative estimate of drug-likeness (QED) is 0.338. The number of hydrogen-bond acceptors (Lipinski definition) is 3. The van der Waals surface area contributed by atoms with Crippen molar-refractivity contribution in [2.75, 3.05) is 6.61 Å². The minimum atomic E-state index is -0.610. The van der Waals surface area contributed by atoms with Crippen molar-refractivity contribution >= 4 is 11.8 Å². The van der Waals surface area contributed by atoms with Crippen LogP contribution < -0.4 is 10.1 Å². The molecule has 0 aliphatic heterocycles. The summed E-state index contributed by atoms with van der Waals surface area (Å²) in [6.45, 7) is 8.76. The minimum Gasteiger partial charge on any atom is -0.494 e. The Balaban J connectivity index is 1.78. The molecule has 0 bridgehead atoms. The summed E-state index contributed by atoms with van der Waals surface area (Å²) in [6.07, 6.45) is 1.33. The molecule has 1 atom stereocenters. The Morgan fingerprint density at radius 1 is 0.861 bits per heavy atom. The number of amides is 2. The average Bonchev–Trinajstić information content (AvgIpc) is 2.85. The number of rotatable bonds is 12. The normalized spacial score (nSPS) is 11.7. The highest BCUT2D eigenvalue weighted by Gasteiger charge is 2.30. The predicted molar refractivity (Wildman–Crippen MR) is 145 cm³/mol. The highest BCUT2D eigenvalue weighted by Crippen LogP contribution is 2.18. The molecule has 1 unspecified atom stereocenters. The van der Waals surface area contributed by atoms with Gasteiger partial charge in [-0.15, -0.1) is 0 Å². The maximum absolute atomic E-state index is 13.6. The van der Waals surface area contributed by atoms with Gasteiger partial charge in [0.25, 0.3) is 0 Å². The van der Waals surface area contributed by atoms with Gasteiger partial charge < -0.3 is 15.0 Å². The van der Waals surface area contributed by atoms with Crippen LogP contribution in [-0.4, -0.2) is 35.4 Å². The second-order valence-electron chi connectivity index (χ2n) is 9.64. The van der Waals surface area contributed by atoms with E-state index < -0.39 is 6.04 Å². The lowest BCUT2D eigenvalue weighted by Gasteiger charge is -2.32. The Bertz CT molecular complexity index is 1110. The van der Waals surface area contributed by atoms with Crippen LogP contribution in [0.5, 0.6) is 5.75 Å². The molecule has 0 aliphatic rings. The molecule has 5 heteroatoms. The minimum absolute atomic E-state index is 0.0189. The van der Waals surface area contributed by atoms with Crippen LogP contribution in [0.3, 0.4) is 0 Å². The SMILES string of the molecule is Cc1ccc(OCCCC(=O)N(Cc2cccc(C)c2)C(Cc2ccccc2)C(=O)NC(C)C)cc1. The summed E-state index contributed by atoms with van der Waals surface area (Å²) < 4.78 is 5.83. The van der Waals surface area contributed by atoms with Gasteiger partial charge in [-0.25, -0.2) is 0 Å². The number of carbonyl (C=O) groups is 2. The van der Waals surface area contributed by atoms with Gasteiger partial charge in [0.05, 0.1) is 6.61 Å². The Hall–Kier alpha value is -3.60. The third kappa shape index (κ3) is 8.56. The van der Waals surface area contributed by atoms with Crippen molar-refractivity contribution in [1.29, 1.82) is 0 Å². The Morgan fingerprint density at radius 3 is 2.22 bits per heavy atom. The Labute approximate surface area is 215 Å². The fourth-order valence-corrected chi connectivity index (χ4v) is 4.13. The van der Waals surface area contributed by atoms with Crippen LogP contribution in [-0.2, 0) is 22.6 Å². The van der Waals surface area contributed by atoms with E-state index in [0.717, 1.165) is 22.4 Å². The maximum atomic E-state index is 13.6. The molecule has 0 heterocycles. The Kier molecular flexibility index (Phi) is 10.1. The molecule has 0 saturated heterocycles. The molecule has 0 saturated carbocycles. The summed E-state index contributed by atoms with van der Waals surface area (Å²) in [5, 5.41) is 3.03. The first-order valence-electron chi connectivity index (χ1n) is 12.7. The van der Waals surface area contributed by atoms with E-state index in [4.69, 9.17) is 4.74 Å². The summed E-state index contributed by atoms with van der Waals surface area (Å²) in [4.78, 5) is 28.7. The Morgan fingerprint density at radius 2 is 1.56 bits per heavy atom. The van der Waals surface area contributed by atoms with Crippen molar-refractivity contribution in [3.8, 4) is 5.75 Å². The lowest BCUT2D eigenvalue weighted by molar-refractivity contribution is -0.141. The van der Waals surface area contributed by atoms with Crippen LogP contribution in [0, 0.1) is 13.8 Å². The van der Waals surface area contributed by atoms with Gasteiger partial charge in [0, 0.05) is 25.4 Å². The van der Waals surface area contributed by atoms with Gasteiger partial charge in [-0.05, 0) is 57.4 Å². The number of carbonyl (C=O) groups excluding carboxylic acids is 2. The van der Waals surface area contributed by atoms with Crippen LogP contribution in [0.1, 0.15) is 48.9 Å². The van der Waals surface area contributed by atoms with E-state index in [1.807, 2.05) is 100 Å². The van der Waals surface area contributed by atoms with E-state index in [1.54, 1.807) is 4.90 Å². The van der Waals surface area contributed by atoms with Crippen LogP contribution in [0.25, 0.3) is 0 Å². The van der Waals surface area contributed by atoms with Gasteiger partial charge in [-0.1, -0.05) is 77.9 Å². The molecule has 3 rings (SSSR count). The topological polar surface area (TPSA) is 58.6 Å². The molecule has 0 radical (unpaired) electrons. The monoisotopic (exact) mass is 486 g/mol. The second-order valence-corrected chi connectivity index (χ2v) is 9.64. The van der Waals surface area contributed by atoms with Crippen LogP contribution in [0.15, 0.2) is 78.9 Å². The van der Waals surface area contributed by atoms with Crippen molar-refractivity contribution in [3.05, 3.63) is 101 Å². The molecule has 190 valence electrons. The lowest BCUT2D eigenvalue weighted by Crippen LogP contribution is -2.51. The fraction of sp³-hybridized carbons (Fsp3) is 0.355. The smallest absolute Gasteiger partial charge is 0.243 e. The summed E-state index contributed by atoms with van der Waals surface area (Å²) in [6, 6.07) is 25.2. The summed E-state index contributed by atoms with van der Waals surface area (Å²) in [5.41, 5.74) is 4.33. The highest BCUT2D eigenvalue weighted by molar-refractivity contribution is 5.88. The van der Waals surface area contributed by atoms with Crippen LogP contribution in [0.2, 0.25) is 0 Å². The van der Waals surface area contributed by atoms with Gasteiger partial charge >= 0.3 is 0 Å². The van der Waals surface area contributed by atoms with Crippen LogP contribution in [0.4, 0.5) is 0 Å². The van der Waals surface area contributed by atoms with E-state index in [-0.39, 0.29) is 17.9 Å². The van der Waals surface area contributed by atoms with E-state index in [2.05, 4.69) is 11.4 Å². The van der Waals surface area contributed by atoms with Crippen molar-refractivity contribution in [3.63, 3.8) is 0 Å². The first-order chi connectivity index (χ1) is 17.3. The van der Waals surface area contributed by atoms with Crippen molar-refractivity contribution in [2.24, 2.45) is 0 Å². The van der Waals surface area contributed by atoms with Gasteiger partial charge in [0.1, 0.15) is 11.8 Å². The summed E-state index contributed by atoms with van der Waals surface area (Å²) in [7, 11) is 0. The zero-order chi connectivity index (χ0) is 25.9. The van der Waals surface area contributed by atoms with Gasteiger partial charge in [0.2, 0.25) is 11.8 Å². The van der Waals surface area contributed by atoms with Gasteiger partial charge in [-0.2, -0.15) is 0 Å². The first kappa shape index (κ1) is 27.0. The van der Waals surface area contributed by atoms with E-state index >= 15 is 0 Å². The van der Waals surface area contributed by atoms with Crippen molar-refractivity contribution < 1.29 is 14.3 Å². The molecule has 0 spiro atoms. The number of ether oxygens (including phenoxy) is 1. The zero-order valence-corrected chi connectivity index (χ0v) is 21.9. The molecule has 3 aromatic carbocycles. The first-order valence-corrected chi connectivity index (χ1v) is 12.7. The van der Waals surface area contributed by atoms with Gasteiger partial charge in [0.15, 0.2) is 0 Å². The molecule has 1 N–H and O–H groups in total. The number of nitrogens with one attached hydrogen (secondary N) is 1. The number of hydrogen-bond donors (Lipinski definition) is 1. The predicted octanol–water partition coefficient (Wildman–Crippen LogP) is 5.63. The van der Waals surface area contributed by atoms with Gasteiger partial charge in [-0.3, -0.25) is 9.59 Å². The van der Waals surface area contributed by atoms with E-state index in [1.165, 1.54) is 5.56 Å². The molecular formula is C31H38N2O3. The average molecular weight is 487 g/mol. The molecule has 0 aliphatic carbocycles. The molecule has 0 fully saturated rings. The largest absolute Gasteiger partial charge is 0.494 e. The summed E-state index contributed by atoms with van der Waals surface area (Å²) in [5.74, 6) is 0.609. The molecular weight excluding hydrogens is 448 g/mol. The third-order valence-corrected chi connectivity index (χ3v) is 5.96. The summed E-state index contributed by atoms with van der Waals surface area (Å²) >= 11 is 0. The number of nitrogens with zero attached hydrogens (tertiary/aromatic N) is 1. The molecule has 0 aromatic heterocycles. The highest BCUT2D eigenvalue weighted by atomic mass is 16.5. The standard InChI is InChI=1S/C31H38N2O3/c1-23(2)32-31(35)29(21-26-11-6-5-7-12-26)33(22-27-13-8-10-25(4)20-27)30(34)14-9-19-36-28-17-15-24(3)16-18-28/h5-8,10-13,15-18,20,23,29H,9,14,19,21-22H2,1-4H3,(H,32,35). The zero-order valence-electron chi connectivity index (χ0n) is 21.9. The maximum Gasteiger partial charge on any atom is 0.243 e. The van der Waals surface area contributed by atoms with E-state index in [9.17, 15) is 9.59 Å². The fourth-order valence-electron chi connectivity index (χ4n) is 4.13. The second kappa shape index (κ2) is 13.5. The molecule has 3 aromatic rings. The molecule has 2 amide bonds. The number of aryl methyl sites for hydroxylation is 2. The van der Waals surface area contributed by atoms with Crippen LogP contribution >= 0.6 is 0 Å². The van der Waals surface area contributed by atoms with Crippen molar-refractivity contribution in [1.82, 2.24) is 10.2 Å². The van der Waals surface area contributed by atoms with E-state index in [0.29, 0.717) is 32.4 Å².